The van der Waals surface area contributed by atoms with Gasteiger partial charge in [-0.15, -0.1) is 0 Å². The Labute approximate surface area is 181 Å². The number of sulfonamides is 1. The summed E-state index contributed by atoms with van der Waals surface area (Å²) in [6, 6.07) is 22.8. The minimum atomic E-state index is -3.60. The van der Waals surface area contributed by atoms with Crippen molar-refractivity contribution in [2.75, 3.05) is 26.2 Å². The van der Waals surface area contributed by atoms with Gasteiger partial charge in [0.05, 0.1) is 10.9 Å². The molecule has 4 nitrogen and oxygen atoms in total. The van der Waals surface area contributed by atoms with Crippen LogP contribution in [0.3, 0.4) is 0 Å². The van der Waals surface area contributed by atoms with E-state index in [1.54, 1.807) is 30.3 Å². The van der Waals surface area contributed by atoms with Crippen LogP contribution in [0.5, 0.6) is 0 Å². The molecule has 1 aliphatic heterocycles. The SMILES string of the molecule is O=S(=O)(c1cccc(Cl)c1)N1CCN([C@@H](c2ccccc2)c2ccc(F)cc2)CC1. The molecule has 0 bridgehead atoms. The minimum absolute atomic E-state index is 0.0668. The van der Waals surface area contributed by atoms with Crippen LogP contribution in [0, 0.1) is 5.82 Å². The van der Waals surface area contributed by atoms with Gasteiger partial charge in [-0.2, -0.15) is 4.31 Å². The van der Waals surface area contributed by atoms with Gasteiger partial charge < -0.3 is 0 Å². The van der Waals surface area contributed by atoms with Crippen LogP contribution in [0.2, 0.25) is 5.02 Å². The molecule has 0 unspecified atom stereocenters. The Hall–Kier alpha value is -2.25. The van der Waals surface area contributed by atoms with E-state index in [0.717, 1.165) is 11.1 Å². The third-order valence-corrected chi connectivity index (χ3v) is 7.50. The first-order valence-corrected chi connectivity index (χ1v) is 11.6. The zero-order valence-electron chi connectivity index (χ0n) is 16.3. The number of halogens is 2. The lowest BCUT2D eigenvalue weighted by atomic mass is 9.96. The van der Waals surface area contributed by atoms with Crippen LogP contribution < -0.4 is 0 Å². The maximum absolute atomic E-state index is 13.5. The third kappa shape index (κ3) is 4.42. The number of nitrogens with zero attached hydrogens (tertiary/aromatic N) is 2. The monoisotopic (exact) mass is 444 g/mol. The van der Waals surface area contributed by atoms with E-state index in [1.165, 1.54) is 22.5 Å². The molecular formula is C23H22ClFN2O2S. The van der Waals surface area contributed by atoms with E-state index in [1.807, 2.05) is 30.3 Å². The van der Waals surface area contributed by atoms with Crippen LogP contribution in [0.1, 0.15) is 17.2 Å². The summed E-state index contributed by atoms with van der Waals surface area (Å²) >= 11 is 5.98. The van der Waals surface area contributed by atoms with Crippen molar-refractivity contribution in [2.24, 2.45) is 0 Å². The fraction of sp³-hybridized carbons (Fsp3) is 0.217. The lowest BCUT2D eigenvalue weighted by molar-refractivity contribution is 0.155. The largest absolute Gasteiger partial charge is 0.290 e. The Morgan fingerprint density at radius 2 is 1.43 bits per heavy atom. The molecule has 1 fully saturated rings. The van der Waals surface area contributed by atoms with E-state index in [0.29, 0.717) is 31.2 Å². The molecule has 30 heavy (non-hydrogen) atoms. The first-order chi connectivity index (χ1) is 14.4. The smallest absolute Gasteiger partial charge is 0.243 e. The van der Waals surface area contributed by atoms with Crippen LogP contribution in [0.25, 0.3) is 0 Å². The zero-order chi connectivity index (χ0) is 21.1. The molecule has 0 saturated carbocycles. The summed E-state index contributed by atoms with van der Waals surface area (Å²) in [6.07, 6.45) is 0. The van der Waals surface area contributed by atoms with Crippen molar-refractivity contribution < 1.29 is 12.8 Å². The molecule has 0 N–H and O–H groups in total. The highest BCUT2D eigenvalue weighted by Gasteiger charge is 2.32. The molecule has 0 aromatic heterocycles. The third-order valence-electron chi connectivity index (χ3n) is 5.37. The van der Waals surface area contributed by atoms with E-state index in [9.17, 15) is 12.8 Å². The number of rotatable bonds is 5. The Balaban J connectivity index is 1.56. The number of benzene rings is 3. The second-order valence-corrected chi connectivity index (χ2v) is 9.64. The van der Waals surface area contributed by atoms with Crippen molar-refractivity contribution in [2.45, 2.75) is 10.9 Å². The standard InChI is InChI=1S/C23H22ClFN2O2S/c24-20-7-4-8-22(17-20)30(28,29)27-15-13-26(14-16-27)23(18-5-2-1-3-6-18)19-9-11-21(25)12-10-19/h1-12,17,23H,13-16H2/t23-/m0/s1. The average molecular weight is 445 g/mol. The quantitative estimate of drug-likeness (QED) is 0.578. The molecule has 0 amide bonds. The first kappa shape index (κ1) is 21.0. The molecule has 3 aromatic rings. The molecule has 3 aromatic carbocycles. The summed E-state index contributed by atoms with van der Waals surface area (Å²) in [7, 11) is -3.60. The summed E-state index contributed by atoms with van der Waals surface area (Å²) in [4.78, 5) is 2.45. The highest BCUT2D eigenvalue weighted by atomic mass is 35.5. The molecule has 1 heterocycles. The number of hydrogen-bond donors (Lipinski definition) is 0. The van der Waals surface area contributed by atoms with Crippen LogP contribution in [0.15, 0.2) is 83.8 Å². The Morgan fingerprint density at radius 1 is 0.800 bits per heavy atom. The summed E-state index contributed by atoms with van der Waals surface area (Å²) in [6.45, 7) is 1.88. The maximum atomic E-state index is 13.5. The predicted molar refractivity (Wildman–Crippen MR) is 116 cm³/mol. The van der Waals surface area contributed by atoms with E-state index < -0.39 is 10.0 Å². The lowest BCUT2D eigenvalue weighted by Gasteiger charge is -2.39. The van der Waals surface area contributed by atoms with Crippen molar-refractivity contribution in [3.8, 4) is 0 Å². The summed E-state index contributed by atoms with van der Waals surface area (Å²) in [5, 5.41) is 0.398. The van der Waals surface area contributed by atoms with Gasteiger partial charge in [0, 0.05) is 31.2 Å². The highest BCUT2D eigenvalue weighted by molar-refractivity contribution is 7.89. The molecule has 7 heteroatoms. The summed E-state index contributed by atoms with van der Waals surface area (Å²) in [5.74, 6) is -0.275. The number of hydrogen-bond acceptors (Lipinski definition) is 3. The van der Waals surface area contributed by atoms with Crippen molar-refractivity contribution in [3.05, 3.63) is 101 Å². The minimum Gasteiger partial charge on any atom is -0.290 e. The maximum Gasteiger partial charge on any atom is 0.243 e. The van der Waals surface area contributed by atoms with Gasteiger partial charge in [0.2, 0.25) is 10.0 Å². The normalized spacial score (nSPS) is 17.0. The van der Waals surface area contributed by atoms with Gasteiger partial charge in [0.25, 0.3) is 0 Å². The molecule has 156 valence electrons. The van der Waals surface area contributed by atoms with Crippen molar-refractivity contribution in [1.29, 1.82) is 0 Å². The molecule has 0 spiro atoms. The van der Waals surface area contributed by atoms with Crippen LogP contribution >= 0.6 is 11.6 Å². The van der Waals surface area contributed by atoms with Crippen molar-refractivity contribution in [3.63, 3.8) is 0 Å². The van der Waals surface area contributed by atoms with E-state index in [4.69, 9.17) is 11.6 Å². The summed E-state index contributed by atoms with van der Waals surface area (Å²) in [5.41, 5.74) is 2.07. The van der Waals surface area contributed by atoms with Gasteiger partial charge in [0.1, 0.15) is 5.82 Å². The lowest BCUT2D eigenvalue weighted by Crippen LogP contribution is -2.49. The fourth-order valence-corrected chi connectivity index (χ4v) is 5.60. The molecule has 1 saturated heterocycles. The van der Waals surface area contributed by atoms with E-state index >= 15 is 0 Å². The van der Waals surface area contributed by atoms with Crippen molar-refractivity contribution in [1.82, 2.24) is 9.21 Å². The van der Waals surface area contributed by atoms with E-state index in [2.05, 4.69) is 4.90 Å². The van der Waals surface area contributed by atoms with Gasteiger partial charge >= 0.3 is 0 Å². The van der Waals surface area contributed by atoms with Gasteiger partial charge in [-0.05, 0) is 41.5 Å². The average Bonchev–Trinajstić information content (AvgIpc) is 2.76. The van der Waals surface area contributed by atoms with Gasteiger partial charge in [0.15, 0.2) is 0 Å². The number of piperazine rings is 1. The summed E-state index contributed by atoms with van der Waals surface area (Å²) < 4.78 is 41.0. The van der Waals surface area contributed by atoms with Crippen molar-refractivity contribution >= 4 is 21.6 Å². The molecule has 1 atom stereocenters. The predicted octanol–water partition coefficient (Wildman–Crippen LogP) is 4.58. The molecule has 0 radical (unpaired) electrons. The van der Waals surface area contributed by atoms with Gasteiger partial charge in [-0.25, -0.2) is 12.8 Å². The van der Waals surface area contributed by atoms with Gasteiger partial charge in [-0.3, -0.25) is 4.90 Å². The van der Waals surface area contributed by atoms with Gasteiger partial charge in [-0.1, -0.05) is 60.1 Å². The molecule has 0 aliphatic carbocycles. The topological polar surface area (TPSA) is 40.6 Å². The first-order valence-electron chi connectivity index (χ1n) is 9.75. The van der Waals surface area contributed by atoms with Crippen LogP contribution in [0.4, 0.5) is 4.39 Å². The Morgan fingerprint density at radius 3 is 2.07 bits per heavy atom. The van der Waals surface area contributed by atoms with Crippen LogP contribution in [-0.4, -0.2) is 43.8 Å². The van der Waals surface area contributed by atoms with E-state index in [-0.39, 0.29) is 16.8 Å². The highest BCUT2D eigenvalue weighted by Crippen LogP contribution is 2.31. The second kappa shape index (κ2) is 8.86. The second-order valence-electron chi connectivity index (χ2n) is 7.26. The molecule has 1 aliphatic rings. The zero-order valence-corrected chi connectivity index (χ0v) is 17.9. The Bertz CT molecular complexity index is 1100. The molecular weight excluding hydrogens is 423 g/mol. The fourth-order valence-electron chi connectivity index (χ4n) is 3.87. The molecule has 4 rings (SSSR count). The van der Waals surface area contributed by atoms with Crippen LogP contribution in [-0.2, 0) is 10.0 Å². The Kier molecular flexibility index (Phi) is 6.20.